The number of nitrogens with one attached hydrogen (secondary N) is 2. The summed E-state index contributed by atoms with van der Waals surface area (Å²) in [6.07, 6.45) is 6.08. The first kappa shape index (κ1) is 17.8. The van der Waals surface area contributed by atoms with Crippen molar-refractivity contribution in [3.05, 3.63) is 37.0 Å². The van der Waals surface area contributed by atoms with Crippen molar-refractivity contribution < 1.29 is 9.53 Å². The van der Waals surface area contributed by atoms with Crippen LogP contribution in [-0.2, 0) is 23.2 Å². The fourth-order valence-corrected chi connectivity index (χ4v) is 6.86. The molecule has 4 heterocycles. The van der Waals surface area contributed by atoms with Crippen molar-refractivity contribution in [3.8, 4) is 0 Å². The molecule has 5 nitrogen and oxygen atoms in total. The second kappa shape index (κ2) is 6.95. The molecule has 7 heteroatoms. The number of hydrogen-bond acceptors (Lipinski definition) is 6. The van der Waals surface area contributed by atoms with E-state index in [0.29, 0.717) is 0 Å². The van der Waals surface area contributed by atoms with Crippen LogP contribution >= 0.6 is 22.7 Å². The zero-order valence-corrected chi connectivity index (χ0v) is 17.2. The molecule has 1 atom stereocenters. The molecule has 1 saturated heterocycles. The number of rotatable bonds is 2. The highest BCUT2D eigenvalue weighted by Crippen LogP contribution is 2.43. The summed E-state index contributed by atoms with van der Waals surface area (Å²) in [5, 5.41) is 7.78. The van der Waals surface area contributed by atoms with Crippen molar-refractivity contribution >= 4 is 28.6 Å². The molecular formula is C20H25N3O2S2. The number of thiophene rings is 1. The van der Waals surface area contributed by atoms with E-state index in [1.165, 1.54) is 15.3 Å². The Morgan fingerprint density at radius 3 is 3.00 bits per heavy atom. The van der Waals surface area contributed by atoms with Crippen LogP contribution in [0.2, 0.25) is 0 Å². The van der Waals surface area contributed by atoms with E-state index in [1.807, 2.05) is 6.92 Å². The number of thiazole rings is 1. The Hall–Kier alpha value is -1.28. The summed E-state index contributed by atoms with van der Waals surface area (Å²) in [5.74, 6) is 0.0435. The normalized spacial score (nSPS) is 23.7. The van der Waals surface area contributed by atoms with E-state index >= 15 is 0 Å². The average Bonchev–Trinajstić information content (AvgIpc) is 3.27. The van der Waals surface area contributed by atoms with Gasteiger partial charge in [-0.3, -0.25) is 4.79 Å². The van der Waals surface area contributed by atoms with E-state index in [4.69, 9.17) is 9.72 Å². The number of aromatic nitrogens is 1. The van der Waals surface area contributed by atoms with Crippen molar-refractivity contribution in [3.63, 3.8) is 0 Å². The molecule has 5 rings (SSSR count). The fourth-order valence-electron chi connectivity index (χ4n) is 4.68. The molecule has 1 spiro atoms. The first-order chi connectivity index (χ1) is 13.1. The van der Waals surface area contributed by atoms with E-state index in [-0.39, 0.29) is 17.6 Å². The third-order valence-electron chi connectivity index (χ3n) is 6.01. The maximum Gasteiger partial charge on any atom is 0.261 e. The van der Waals surface area contributed by atoms with Gasteiger partial charge in [0, 0.05) is 16.2 Å². The molecule has 0 bridgehead atoms. The minimum Gasteiger partial charge on any atom is -0.370 e. The third-order valence-corrected chi connectivity index (χ3v) is 8.25. The predicted molar refractivity (Wildman–Crippen MR) is 108 cm³/mol. The molecule has 0 radical (unpaired) electrons. The molecule has 1 unspecified atom stereocenters. The summed E-state index contributed by atoms with van der Waals surface area (Å²) >= 11 is 3.43. The van der Waals surface area contributed by atoms with E-state index in [0.717, 1.165) is 73.8 Å². The Kier molecular flexibility index (Phi) is 4.58. The molecule has 2 N–H and O–H groups in total. The van der Waals surface area contributed by atoms with Crippen molar-refractivity contribution in [1.29, 1.82) is 0 Å². The molecule has 1 aliphatic carbocycles. The zero-order valence-electron chi connectivity index (χ0n) is 15.6. The summed E-state index contributed by atoms with van der Waals surface area (Å²) in [4.78, 5) is 21.2. The maximum absolute atomic E-state index is 13.0. The topological polar surface area (TPSA) is 63.2 Å². The van der Waals surface area contributed by atoms with Crippen molar-refractivity contribution in [2.75, 3.05) is 19.7 Å². The quantitative estimate of drug-likeness (QED) is 0.806. The highest BCUT2D eigenvalue weighted by Gasteiger charge is 2.41. The monoisotopic (exact) mass is 403 g/mol. The highest BCUT2D eigenvalue weighted by molar-refractivity contribution is 7.14. The number of aryl methyl sites for hydroxylation is 2. The number of amides is 1. The molecule has 27 heavy (non-hydrogen) atoms. The van der Waals surface area contributed by atoms with Gasteiger partial charge in [-0.05, 0) is 63.7 Å². The molecule has 1 fully saturated rings. The lowest BCUT2D eigenvalue weighted by Gasteiger charge is -2.40. The summed E-state index contributed by atoms with van der Waals surface area (Å²) in [6, 6.07) is 2.16. The SMILES string of the molecule is Cc1nc2c(s1)CCCC2NC(=O)c1cc2c(s1)CCOC21CCNCC1. The highest BCUT2D eigenvalue weighted by atomic mass is 32.1. The third kappa shape index (κ3) is 3.14. The Morgan fingerprint density at radius 1 is 1.30 bits per heavy atom. The van der Waals surface area contributed by atoms with Crippen molar-refractivity contribution in [2.45, 2.75) is 57.1 Å². The van der Waals surface area contributed by atoms with Crippen LogP contribution in [0.3, 0.4) is 0 Å². The lowest BCUT2D eigenvalue weighted by atomic mass is 9.83. The van der Waals surface area contributed by atoms with Gasteiger partial charge in [-0.25, -0.2) is 4.98 Å². The van der Waals surface area contributed by atoms with Gasteiger partial charge in [0.2, 0.25) is 0 Å². The lowest BCUT2D eigenvalue weighted by molar-refractivity contribution is -0.0792. The van der Waals surface area contributed by atoms with Crippen LogP contribution in [0.4, 0.5) is 0 Å². The van der Waals surface area contributed by atoms with Gasteiger partial charge in [-0.2, -0.15) is 0 Å². The first-order valence-corrected chi connectivity index (χ1v) is 11.5. The van der Waals surface area contributed by atoms with Crippen molar-refractivity contribution in [2.24, 2.45) is 0 Å². The van der Waals surface area contributed by atoms with Gasteiger partial charge in [0.1, 0.15) is 0 Å². The van der Waals surface area contributed by atoms with Crippen molar-refractivity contribution in [1.82, 2.24) is 15.6 Å². The molecule has 0 aromatic carbocycles. The number of ether oxygens (including phenoxy) is 1. The van der Waals surface area contributed by atoms with E-state index < -0.39 is 0 Å². The number of carbonyl (C=O) groups excluding carboxylic acids is 1. The fraction of sp³-hybridized carbons (Fsp3) is 0.600. The number of carbonyl (C=O) groups is 1. The van der Waals surface area contributed by atoms with Crippen LogP contribution < -0.4 is 10.6 Å². The average molecular weight is 404 g/mol. The predicted octanol–water partition coefficient (Wildman–Crippen LogP) is 3.47. The number of fused-ring (bicyclic) bond motifs is 3. The van der Waals surface area contributed by atoms with Crippen LogP contribution in [0.25, 0.3) is 0 Å². The Balaban J connectivity index is 1.39. The number of piperidine rings is 1. The molecule has 2 aromatic heterocycles. The molecule has 144 valence electrons. The molecule has 2 aliphatic heterocycles. The van der Waals surface area contributed by atoms with Gasteiger partial charge in [-0.1, -0.05) is 0 Å². The van der Waals surface area contributed by atoms with Gasteiger partial charge in [0.05, 0.1) is 33.8 Å². The minimum absolute atomic E-state index is 0.0435. The standard InChI is InChI=1S/C20H25N3O2S2/c1-12-22-18-14(3-2-4-16(18)26-12)23-19(24)17-11-13-15(27-17)5-10-25-20(13)6-8-21-9-7-20/h11,14,21H,2-10H2,1H3,(H,23,24). The number of hydrogen-bond donors (Lipinski definition) is 2. The maximum atomic E-state index is 13.0. The van der Waals surface area contributed by atoms with Gasteiger partial charge in [-0.15, -0.1) is 22.7 Å². The minimum atomic E-state index is -0.183. The summed E-state index contributed by atoms with van der Waals surface area (Å²) < 4.78 is 6.25. The lowest BCUT2D eigenvalue weighted by Crippen LogP contribution is -2.44. The Bertz CT molecular complexity index is 867. The van der Waals surface area contributed by atoms with Crippen LogP contribution in [0, 0.1) is 6.92 Å². The van der Waals surface area contributed by atoms with Gasteiger partial charge < -0.3 is 15.4 Å². The Labute approximate surface area is 167 Å². The van der Waals surface area contributed by atoms with Crippen LogP contribution in [0.15, 0.2) is 6.07 Å². The van der Waals surface area contributed by atoms with Crippen LogP contribution in [0.1, 0.15) is 67.4 Å². The van der Waals surface area contributed by atoms with E-state index in [2.05, 4.69) is 16.7 Å². The molecule has 2 aromatic rings. The smallest absolute Gasteiger partial charge is 0.261 e. The molecule has 1 amide bonds. The molecular weight excluding hydrogens is 378 g/mol. The van der Waals surface area contributed by atoms with Gasteiger partial charge in [0.15, 0.2) is 0 Å². The zero-order chi connectivity index (χ0) is 18.4. The van der Waals surface area contributed by atoms with Crippen LogP contribution in [0.5, 0.6) is 0 Å². The molecule has 0 saturated carbocycles. The summed E-state index contributed by atoms with van der Waals surface area (Å²) in [7, 11) is 0. The second-order valence-corrected chi connectivity index (χ2v) is 10.2. The Morgan fingerprint density at radius 2 is 2.15 bits per heavy atom. The van der Waals surface area contributed by atoms with E-state index in [1.54, 1.807) is 22.7 Å². The second-order valence-electron chi connectivity index (χ2n) is 7.75. The summed E-state index contributed by atoms with van der Waals surface area (Å²) in [6.45, 7) is 4.77. The van der Waals surface area contributed by atoms with E-state index in [9.17, 15) is 4.79 Å². The largest absolute Gasteiger partial charge is 0.370 e. The number of nitrogens with zero attached hydrogens (tertiary/aromatic N) is 1. The van der Waals surface area contributed by atoms with Gasteiger partial charge in [0.25, 0.3) is 5.91 Å². The summed E-state index contributed by atoms with van der Waals surface area (Å²) in [5.41, 5.74) is 2.17. The molecule has 3 aliphatic rings. The van der Waals surface area contributed by atoms with Crippen LogP contribution in [-0.4, -0.2) is 30.6 Å². The first-order valence-electron chi connectivity index (χ1n) is 9.89. The van der Waals surface area contributed by atoms with Gasteiger partial charge >= 0.3 is 0 Å².